The molecule has 19 heavy (non-hydrogen) atoms. The summed E-state index contributed by atoms with van der Waals surface area (Å²) in [6.07, 6.45) is 0.908. The number of hydrogen-bond donors (Lipinski definition) is 1. The first-order chi connectivity index (χ1) is 8.71. The largest absolute Gasteiger partial charge is 0.487 e. The Hall–Kier alpha value is -1.01. The minimum Gasteiger partial charge on any atom is -0.465 e. The van der Waals surface area contributed by atoms with Crippen LogP contribution in [0, 0.1) is 0 Å². The first-order valence-electron chi connectivity index (χ1n) is 6.74. The van der Waals surface area contributed by atoms with E-state index in [1.54, 1.807) is 0 Å². The topological polar surface area (TPSA) is 59.0 Å². The van der Waals surface area contributed by atoms with Crippen LogP contribution in [0.1, 0.15) is 40.5 Å². The Kier molecular flexibility index (Phi) is 3.66. The van der Waals surface area contributed by atoms with E-state index < -0.39 is 6.09 Å². The number of amides is 1. The fourth-order valence-corrected chi connectivity index (χ4v) is 2.35. The average Bonchev–Trinajstić information content (AvgIpc) is 2.47. The van der Waals surface area contributed by atoms with Gasteiger partial charge in [0.2, 0.25) is 0 Å². The van der Waals surface area contributed by atoms with E-state index in [4.69, 9.17) is 14.4 Å². The molecule has 2 rings (SSSR count). The van der Waals surface area contributed by atoms with E-state index in [2.05, 4.69) is 0 Å². The van der Waals surface area contributed by atoms with E-state index in [1.165, 1.54) is 4.90 Å². The zero-order valence-electron chi connectivity index (χ0n) is 12.1. The molecule has 0 aliphatic carbocycles. The van der Waals surface area contributed by atoms with Gasteiger partial charge in [-0.2, -0.15) is 0 Å². The quantitative estimate of drug-likeness (QED) is 0.741. The van der Waals surface area contributed by atoms with Crippen molar-refractivity contribution in [2.45, 2.75) is 51.7 Å². The van der Waals surface area contributed by atoms with Gasteiger partial charge in [0.1, 0.15) is 0 Å². The minimum absolute atomic E-state index is 0.351. The second kappa shape index (κ2) is 4.83. The van der Waals surface area contributed by atoms with Gasteiger partial charge in [-0.1, -0.05) is 11.5 Å². The second-order valence-corrected chi connectivity index (χ2v) is 6.26. The van der Waals surface area contributed by atoms with Crippen LogP contribution in [0.3, 0.4) is 0 Å². The van der Waals surface area contributed by atoms with Crippen molar-refractivity contribution in [2.24, 2.45) is 0 Å². The van der Waals surface area contributed by atoms with Gasteiger partial charge in [0, 0.05) is 13.1 Å². The molecule has 2 heterocycles. The van der Waals surface area contributed by atoms with Crippen LogP contribution in [0.25, 0.3) is 0 Å². The van der Waals surface area contributed by atoms with Gasteiger partial charge in [-0.25, -0.2) is 4.79 Å². The molecule has 0 aromatic carbocycles. The Labute approximate surface area is 114 Å². The van der Waals surface area contributed by atoms with Crippen LogP contribution >= 0.6 is 0 Å². The zero-order chi connectivity index (χ0) is 14.3. The Balaban J connectivity index is 2.05. The summed E-state index contributed by atoms with van der Waals surface area (Å²) in [5.41, 5.74) is 0.373. The maximum atomic E-state index is 11.0. The molecule has 1 amide bonds. The lowest BCUT2D eigenvalue weighted by molar-refractivity contribution is 0.00578. The van der Waals surface area contributed by atoms with Crippen molar-refractivity contribution in [3.05, 3.63) is 11.5 Å². The van der Waals surface area contributed by atoms with E-state index >= 15 is 0 Å². The molecular formula is C13H22BNO4. The number of hydrogen-bond acceptors (Lipinski definition) is 3. The normalized spacial score (nSPS) is 27.9. The van der Waals surface area contributed by atoms with Crippen molar-refractivity contribution in [1.29, 1.82) is 0 Å². The van der Waals surface area contributed by atoms with Crippen LogP contribution in [0.4, 0.5) is 4.79 Å². The van der Waals surface area contributed by atoms with Crippen molar-refractivity contribution in [2.75, 3.05) is 13.1 Å². The molecule has 0 atom stereocenters. The van der Waals surface area contributed by atoms with Crippen molar-refractivity contribution < 1.29 is 19.2 Å². The highest BCUT2D eigenvalue weighted by Gasteiger charge is 2.50. The molecule has 0 radical (unpaired) electrons. The molecule has 2 aliphatic heterocycles. The molecule has 1 N–H and O–H groups in total. The summed E-state index contributed by atoms with van der Waals surface area (Å²) in [7, 11) is -0.381. The molecule has 5 nitrogen and oxygen atoms in total. The third-order valence-electron chi connectivity index (χ3n) is 4.23. The summed E-state index contributed by atoms with van der Waals surface area (Å²) in [5, 5.41) is 9.02. The molecule has 2 aliphatic rings. The van der Waals surface area contributed by atoms with Crippen LogP contribution in [-0.4, -0.2) is 47.5 Å². The Bertz CT molecular complexity index is 389. The monoisotopic (exact) mass is 267 g/mol. The molecule has 2 fully saturated rings. The molecule has 0 saturated carbocycles. The van der Waals surface area contributed by atoms with Gasteiger partial charge in [0.15, 0.2) is 0 Å². The molecule has 0 spiro atoms. The summed E-state index contributed by atoms with van der Waals surface area (Å²) in [5.74, 6) is 1.94. The van der Waals surface area contributed by atoms with Gasteiger partial charge in [0.25, 0.3) is 0 Å². The van der Waals surface area contributed by atoms with Gasteiger partial charge in [-0.3, -0.25) is 0 Å². The lowest BCUT2D eigenvalue weighted by Gasteiger charge is -2.32. The summed E-state index contributed by atoms with van der Waals surface area (Å²) in [4.78, 5) is 12.4. The fraction of sp³-hybridized carbons (Fsp3) is 0.769. The van der Waals surface area contributed by atoms with Gasteiger partial charge < -0.3 is 19.3 Å². The highest BCUT2D eigenvalue weighted by molar-refractivity contribution is 6.51. The fourth-order valence-electron chi connectivity index (χ4n) is 2.35. The number of carboxylic acid groups (broad SMARTS) is 1. The average molecular weight is 267 g/mol. The second-order valence-electron chi connectivity index (χ2n) is 6.26. The number of piperidine rings is 1. The summed E-state index contributed by atoms with van der Waals surface area (Å²) in [6.45, 7) is 9.10. The molecule has 6 heteroatoms. The lowest BCUT2D eigenvalue weighted by Crippen LogP contribution is -2.41. The van der Waals surface area contributed by atoms with Crippen molar-refractivity contribution in [3.8, 4) is 0 Å². The standard InChI is InChI=1S/C13H22BNO4/c1-12(2)13(3,4)19-14(18-12)8-10-6-5-7-15(9-10)11(16)17/h8H,5-7,9H2,1-4H3,(H,16,17). The van der Waals surface area contributed by atoms with E-state index in [1.807, 2.05) is 33.7 Å². The maximum Gasteiger partial charge on any atom is 0.487 e. The van der Waals surface area contributed by atoms with Gasteiger partial charge in [-0.05, 0) is 40.5 Å². The van der Waals surface area contributed by atoms with E-state index in [0.29, 0.717) is 13.1 Å². The number of rotatable bonds is 1. The molecule has 2 saturated heterocycles. The van der Waals surface area contributed by atoms with Crippen molar-refractivity contribution >= 4 is 13.2 Å². The Morgan fingerprint density at radius 2 is 1.89 bits per heavy atom. The SMILES string of the molecule is CC1(C)OB(C=C2CCCN(C(=O)O)C2)OC1(C)C. The number of nitrogens with zero attached hydrogens (tertiary/aromatic N) is 1. The zero-order valence-corrected chi connectivity index (χ0v) is 12.1. The third-order valence-corrected chi connectivity index (χ3v) is 4.23. The van der Waals surface area contributed by atoms with Crippen LogP contribution in [-0.2, 0) is 9.31 Å². The summed E-state index contributed by atoms with van der Waals surface area (Å²) < 4.78 is 11.8. The van der Waals surface area contributed by atoms with E-state index in [9.17, 15) is 4.79 Å². The first-order valence-corrected chi connectivity index (χ1v) is 6.74. The Morgan fingerprint density at radius 1 is 1.32 bits per heavy atom. The summed E-state index contributed by atoms with van der Waals surface area (Å²) in [6, 6.07) is 0. The molecule has 0 aromatic heterocycles. The molecular weight excluding hydrogens is 245 g/mol. The van der Waals surface area contributed by atoms with Crippen LogP contribution in [0.15, 0.2) is 11.5 Å². The van der Waals surface area contributed by atoms with Crippen molar-refractivity contribution in [3.63, 3.8) is 0 Å². The maximum absolute atomic E-state index is 11.0. The van der Waals surface area contributed by atoms with Crippen LogP contribution < -0.4 is 0 Å². The molecule has 0 unspecified atom stereocenters. The predicted molar refractivity (Wildman–Crippen MR) is 73.0 cm³/mol. The van der Waals surface area contributed by atoms with Gasteiger partial charge >= 0.3 is 13.2 Å². The van der Waals surface area contributed by atoms with Crippen LogP contribution in [0.5, 0.6) is 0 Å². The van der Waals surface area contributed by atoms with Gasteiger partial charge in [0.05, 0.1) is 11.2 Å². The Morgan fingerprint density at radius 3 is 2.42 bits per heavy atom. The molecule has 0 aromatic rings. The van der Waals surface area contributed by atoms with E-state index in [0.717, 1.165) is 18.4 Å². The van der Waals surface area contributed by atoms with Crippen molar-refractivity contribution in [1.82, 2.24) is 4.90 Å². The molecule has 0 bridgehead atoms. The first kappa shape index (κ1) is 14.4. The molecule has 106 valence electrons. The minimum atomic E-state index is -0.862. The summed E-state index contributed by atoms with van der Waals surface area (Å²) >= 11 is 0. The van der Waals surface area contributed by atoms with Crippen LogP contribution in [0.2, 0.25) is 0 Å². The smallest absolute Gasteiger partial charge is 0.465 e. The highest BCUT2D eigenvalue weighted by Crippen LogP contribution is 2.37. The number of likely N-dealkylation sites (tertiary alicyclic amines) is 1. The highest BCUT2D eigenvalue weighted by atomic mass is 16.7. The van der Waals surface area contributed by atoms with Gasteiger partial charge in [-0.15, -0.1) is 0 Å². The predicted octanol–water partition coefficient (Wildman–Crippen LogP) is 2.32. The lowest BCUT2D eigenvalue weighted by atomic mass is 9.85. The third kappa shape index (κ3) is 2.95. The van der Waals surface area contributed by atoms with E-state index in [-0.39, 0.29) is 18.3 Å². The number of carbonyl (C=O) groups is 1.